The van der Waals surface area contributed by atoms with Gasteiger partial charge in [0.2, 0.25) is 5.91 Å². The molecule has 94 valence electrons. The van der Waals surface area contributed by atoms with Crippen molar-refractivity contribution in [1.29, 1.82) is 0 Å². The van der Waals surface area contributed by atoms with Gasteiger partial charge in [0.25, 0.3) is 0 Å². The van der Waals surface area contributed by atoms with Gasteiger partial charge in [-0.3, -0.25) is 4.79 Å². The summed E-state index contributed by atoms with van der Waals surface area (Å²) in [5.41, 5.74) is 0. The minimum absolute atomic E-state index is 0.0554. The van der Waals surface area contributed by atoms with Crippen molar-refractivity contribution in [2.24, 2.45) is 0 Å². The van der Waals surface area contributed by atoms with E-state index < -0.39 is 0 Å². The lowest BCUT2D eigenvalue weighted by Gasteiger charge is -2.21. The van der Waals surface area contributed by atoms with Crippen LogP contribution < -0.4 is 5.32 Å². The van der Waals surface area contributed by atoms with E-state index in [9.17, 15) is 4.79 Å². The number of ether oxygens (including phenoxy) is 2. The SMILES string of the molecule is COCC(=O)NCCCOC1CCCCC1. The second kappa shape index (κ2) is 8.53. The first-order valence-electron chi connectivity index (χ1n) is 6.20. The Morgan fingerprint density at radius 3 is 2.75 bits per heavy atom. The number of methoxy groups -OCH3 is 1. The Labute approximate surface area is 97.7 Å². The van der Waals surface area contributed by atoms with Crippen molar-refractivity contribution >= 4 is 5.91 Å². The molecule has 1 amide bonds. The van der Waals surface area contributed by atoms with E-state index in [1.54, 1.807) is 0 Å². The lowest BCUT2D eigenvalue weighted by molar-refractivity contribution is -0.124. The van der Waals surface area contributed by atoms with Gasteiger partial charge in [-0.2, -0.15) is 0 Å². The minimum atomic E-state index is -0.0554. The van der Waals surface area contributed by atoms with Crippen molar-refractivity contribution in [3.8, 4) is 0 Å². The van der Waals surface area contributed by atoms with Crippen molar-refractivity contribution in [3.05, 3.63) is 0 Å². The third-order valence-corrected chi connectivity index (χ3v) is 2.82. The zero-order valence-electron chi connectivity index (χ0n) is 10.2. The Morgan fingerprint density at radius 2 is 2.06 bits per heavy atom. The van der Waals surface area contributed by atoms with E-state index in [1.165, 1.54) is 39.2 Å². The fourth-order valence-corrected chi connectivity index (χ4v) is 1.96. The second-order valence-electron chi connectivity index (χ2n) is 4.27. The van der Waals surface area contributed by atoms with Gasteiger partial charge in [0.1, 0.15) is 6.61 Å². The highest BCUT2D eigenvalue weighted by Crippen LogP contribution is 2.20. The summed E-state index contributed by atoms with van der Waals surface area (Å²) in [5.74, 6) is -0.0554. The van der Waals surface area contributed by atoms with E-state index in [1.807, 2.05) is 0 Å². The van der Waals surface area contributed by atoms with Gasteiger partial charge in [-0.15, -0.1) is 0 Å². The fourth-order valence-electron chi connectivity index (χ4n) is 1.96. The van der Waals surface area contributed by atoms with E-state index >= 15 is 0 Å². The highest BCUT2D eigenvalue weighted by Gasteiger charge is 2.12. The van der Waals surface area contributed by atoms with E-state index in [0.29, 0.717) is 12.6 Å². The van der Waals surface area contributed by atoms with E-state index in [0.717, 1.165) is 13.0 Å². The lowest BCUT2D eigenvalue weighted by Crippen LogP contribution is -2.29. The number of carbonyl (C=O) groups is 1. The van der Waals surface area contributed by atoms with Crippen LogP contribution in [0.4, 0.5) is 0 Å². The summed E-state index contributed by atoms with van der Waals surface area (Å²) >= 11 is 0. The van der Waals surface area contributed by atoms with Crippen molar-refractivity contribution in [1.82, 2.24) is 5.32 Å². The van der Waals surface area contributed by atoms with Gasteiger partial charge in [0.15, 0.2) is 0 Å². The monoisotopic (exact) mass is 229 g/mol. The predicted octanol–water partition coefficient (Wildman–Crippen LogP) is 1.49. The van der Waals surface area contributed by atoms with Crippen molar-refractivity contribution in [2.45, 2.75) is 44.6 Å². The topological polar surface area (TPSA) is 47.6 Å². The summed E-state index contributed by atoms with van der Waals surface area (Å²) in [6.07, 6.45) is 7.71. The summed E-state index contributed by atoms with van der Waals surface area (Å²) in [6.45, 7) is 1.57. The smallest absolute Gasteiger partial charge is 0.245 e. The molecule has 1 N–H and O–H groups in total. The van der Waals surface area contributed by atoms with Crippen LogP contribution in [0.5, 0.6) is 0 Å². The molecule has 0 aromatic heterocycles. The number of rotatable bonds is 7. The Hall–Kier alpha value is -0.610. The van der Waals surface area contributed by atoms with Gasteiger partial charge in [-0.1, -0.05) is 19.3 Å². The molecule has 1 aliphatic carbocycles. The van der Waals surface area contributed by atoms with Gasteiger partial charge in [0.05, 0.1) is 6.10 Å². The summed E-state index contributed by atoms with van der Waals surface area (Å²) < 4.78 is 10.5. The largest absolute Gasteiger partial charge is 0.378 e. The van der Waals surface area contributed by atoms with Gasteiger partial charge in [-0.05, 0) is 19.3 Å². The average molecular weight is 229 g/mol. The number of hydrogen-bond acceptors (Lipinski definition) is 3. The number of nitrogens with one attached hydrogen (secondary N) is 1. The maximum Gasteiger partial charge on any atom is 0.245 e. The van der Waals surface area contributed by atoms with Crippen LogP contribution >= 0.6 is 0 Å². The van der Waals surface area contributed by atoms with Crippen molar-refractivity contribution in [3.63, 3.8) is 0 Å². The quantitative estimate of drug-likeness (QED) is 0.673. The molecule has 0 heterocycles. The molecule has 0 radical (unpaired) electrons. The molecule has 0 spiro atoms. The van der Waals surface area contributed by atoms with Crippen LogP contribution in [0.2, 0.25) is 0 Å². The standard InChI is InChI=1S/C12H23NO3/c1-15-10-12(14)13-8-5-9-16-11-6-3-2-4-7-11/h11H,2-10H2,1H3,(H,13,14). The van der Waals surface area contributed by atoms with Crippen LogP contribution in [0.3, 0.4) is 0 Å². The minimum Gasteiger partial charge on any atom is -0.378 e. The number of amides is 1. The van der Waals surface area contributed by atoms with Gasteiger partial charge < -0.3 is 14.8 Å². The zero-order valence-corrected chi connectivity index (χ0v) is 10.2. The average Bonchev–Trinajstić information content (AvgIpc) is 2.30. The molecular weight excluding hydrogens is 206 g/mol. The normalized spacial score (nSPS) is 17.3. The zero-order chi connectivity index (χ0) is 11.6. The van der Waals surface area contributed by atoms with E-state index in [-0.39, 0.29) is 12.5 Å². The van der Waals surface area contributed by atoms with Crippen LogP contribution in [0, 0.1) is 0 Å². The lowest BCUT2D eigenvalue weighted by atomic mass is 9.98. The summed E-state index contributed by atoms with van der Waals surface area (Å²) in [6, 6.07) is 0. The second-order valence-corrected chi connectivity index (χ2v) is 4.27. The molecule has 0 unspecified atom stereocenters. The van der Waals surface area contributed by atoms with E-state index in [4.69, 9.17) is 9.47 Å². The molecule has 1 fully saturated rings. The molecule has 0 bridgehead atoms. The maximum absolute atomic E-state index is 11.0. The van der Waals surface area contributed by atoms with Gasteiger partial charge >= 0.3 is 0 Å². The Kier molecular flexibility index (Phi) is 7.17. The maximum atomic E-state index is 11.0. The summed E-state index contributed by atoms with van der Waals surface area (Å²) in [5, 5.41) is 2.78. The highest BCUT2D eigenvalue weighted by molar-refractivity contribution is 5.77. The van der Waals surface area contributed by atoms with Gasteiger partial charge in [-0.25, -0.2) is 0 Å². The third kappa shape index (κ3) is 6.08. The molecule has 0 aromatic carbocycles. The van der Waals surface area contributed by atoms with E-state index in [2.05, 4.69) is 5.32 Å². The van der Waals surface area contributed by atoms with Crippen LogP contribution in [-0.4, -0.2) is 38.9 Å². The molecular formula is C12H23NO3. The number of hydrogen-bond donors (Lipinski definition) is 1. The first-order valence-corrected chi connectivity index (χ1v) is 6.20. The molecule has 0 aromatic rings. The molecule has 0 aliphatic heterocycles. The highest BCUT2D eigenvalue weighted by atomic mass is 16.5. The molecule has 16 heavy (non-hydrogen) atoms. The fraction of sp³-hybridized carbons (Fsp3) is 0.917. The molecule has 1 aliphatic rings. The van der Waals surface area contributed by atoms with Crippen molar-refractivity contribution < 1.29 is 14.3 Å². The molecule has 4 nitrogen and oxygen atoms in total. The molecule has 1 saturated carbocycles. The molecule has 0 saturated heterocycles. The van der Waals surface area contributed by atoms with Crippen LogP contribution in [-0.2, 0) is 14.3 Å². The van der Waals surface area contributed by atoms with Crippen LogP contribution in [0.25, 0.3) is 0 Å². The van der Waals surface area contributed by atoms with Gasteiger partial charge in [0, 0.05) is 20.3 Å². The van der Waals surface area contributed by atoms with Crippen LogP contribution in [0.1, 0.15) is 38.5 Å². The Bertz CT molecular complexity index is 191. The molecule has 0 atom stereocenters. The first kappa shape index (κ1) is 13.5. The predicted molar refractivity (Wildman–Crippen MR) is 62.3 cm³/mol. The molecule has 1 rings (SSSR count). The summed E-state index contributed by atoms with van der Waals surface area (Å²) in [7, 11) is 1.52. The van der Waals surface area contributed by atoms with Crippen LogP contribution in [0.15, 0.2) is 0 Å². The summed E-state index contributed by atoms with van der Waals surface area (Å²) in [4.78, 5) is 11.0. The molecule has 4 heteroatoms. The number of carbonyl (C=O) groups excluding carboxylic acids is 1. The first-order chi connectivity index (χ1) is 7.83. The Balaban J connectivity index is 1.89. The van der Waals surface area contributed by atoms with Crippen molar-refractivity contribution in [2.75, 3.05) is 26.9 Å². The Morgan fingerprint density at radius 1 is 1.31 bits per heavy atom. The third-order valence-electron chi connectivity index (χ3n) is 2.82.